The Balaban J connectivity index is 2.11. The van der Waals surface area contributed by atoms with Crippen molar-refractivity contribution in [1.82, 2.24) is 15.1 Å². The van der Waals surface area contributed by atoms with Crippen LogP contribution in [0.2, 0.25) is 0 Å². The first-order chi connectivity index (χ1) is 11.9. The van der Waals surface area contributed by atoms with Crippen LogP contribution in [0.15, 0.2) is 36.4 Å². The standard InChI is InChI=1S/C20H29N3O2/c1-5-23-19(12-18(22-23)14(2)3)20(25)21-13-17(11-15(4)24)16-9-7-6-8-10-16/h6-10,12,14-15,17,24H,5,11,13H2,1-4H3,(H,21,25). The Hall–Kier alpha value is -2.14. The number of hydrogen-bond donors (Lipinski definition) is 2. The van der Waals surface area contributed by atoms with Gasteiger partial charge >= 0.3 is 0 Å². The number of carbonyl (C=O) groups excluding carboxylic acids is 1. The van der Waals surface area contributed by atoms with E-state index in [-0.39, 0.29) is 17.7 Å². The zero-order valence-corrected chi connectivity index (χ0v) is 15.6. The molecule has 1 aromatic heterocycles. The van der Waals surface area contributed by atoms with E-state index in [4.69, 9.17) is 0 Å². The fourth-order valence-corrected chi connectivity index (χ4v) is 2.92. The second-order valence-electron chi connectivity index (χ2n) is 6.83. The lowest BCUT2D eigenvalue weighted by Crippen LogP contribution is -2.31. The van der Waals surface area contributed by atoms with Gasteiger partial charge in [-0.25, -0.2) is 0 Å². The molecule has 25 heavy (non-hydrogen) atoms. The minimum absolute atomic E-state index is 0.0766. The molecule has 0 saturated carbocycles. The monoisotopic (exact) mass is 343 g/mol. The number of aliphatic hydroxyl groups is 1. The van der Waals surface area contributed by atoms with E-state index in [0.717, 1.165) is 11.3 Å². The van der Waals surface area contributed by atoms with E-state index < -0.39 is 6.10 Å². The Morgan fingerprint density at radius 1 is 1.24 bits per heavy atom. The Morgan fingerprint density at radius 2 is 1.92 bits per heavy atom. The van der Waals surface area contributed by atoms with Crippen LogP contribution < -0.4 is 5.32 Å². The van der Waals surface area contributed by atoms with Crippen LogP contribution in [0.25, 0.3) is 0 Å². The molecular formula is C20H29N3O2. The molecule has 2 atom stereocenters. The van der Waals surface area contributed by atoms with Crippen LogP contribution in [0, 0.1) is 0 Å². The van der Waals surface area contributed by atoms with Crippen molar-refractivity contribution in [2.45, 2.75) is 58.6 Å². The van der Waals surface area contributed by atoms with Crippen molar-refractivity contribution in [1.29, 1.82) is 0 Å². The van der Waals surface area contributed by atoms with Gasteiger partial charge in [0.05, 0.1) is 11.8 Å². The molecule has 0 bridgehead atoms. The average Bonchev–Trinajstić information content (AvgIpc) is 3.03. The van der Waals surface area contributed by atoms with Gasteiger partial charge in [0.15, 0.2) is 0 Å². The first kappa shape index (κ1) is 19.2. The average molecular weight is 343 g/mol. The fourth-order valence-electron chi connectivity index (χ4n) is 2.92. The van der Waals surface area contributed by atoms with E-state index >= 15 is 0 Å². The third kappa shape index (κ3) is 5.16. The van der Waals surface area contributed by atoms with Crippen molar-refractivity contribution in [2.75, 3.05) is 6.54 Å². The molecule has 2 rings (SSSR count). The highest BCUT2D eigenvalue weighted by atomic mass is 16.3. The van der Waals surface area contributed by atoms with Crippen LogP contribution in [0.5, 0.6) is 0 Å². The van der Waals surface area contributed by atoms with Gasteiger partial charge in [-0.2, -0.15) is 5.10 Å². The molecule has 0 spiro atoms. The number of carbonyl (C=O) groups is 1. The zero-order chi connectivity index (χ0) is 18.4. The molecule has 1 aromatic carbocycles. The molecule has 136 valence electrons. The Bertz CT molecular complexity index is 678. The summed E-state index contributed by atoms with van der Waals surface area (Å²) < 4.78 is 1.75. The molecule has 2 aromatic rings. The van der Waals surface area contributed by atoms with Gasteiger partial charge in [0, 0.05) is 19.0 Å². The Morgan fingerprint density at radius 3 is 2.48 bits per heavy atom. The van der Waals surface area contributed by atoms with Gasteiger partial charge in [0.1, 0.15) is 5.69 Å². The SMILES string of the molecule is CCn1nc(C(C)C)cc1C(=O)NCC(CC(C)O)c1ccccc1. The van der Waals surface area contributed by atoms with E-state index in [9.17, 15) is 9.90 Å². The summed E-state index contributed by atoms with van der Waals surface area (Å²) in [5.41, 5.74) is 2.64. The first-order valence-corrected chi connectivity index (χ1v) is 9.01. The molecule has 5 nitrogen and oxygen atoms in total. The molecule has 2 N–H and O–H groups in total. The highest BCUT2D eigenvalue weighted by Crippen LogP contribution is 2.21. The fraction of sp³-hybridized carbons (Fsp3) is 0.500. The number of amides is 1. The van der Waals surface area contributed by atoms with E-state index in [1.165, 1.54) is 0 Å². The third-order valence-corrected chi connectivity index (χ3v) is 4.33. The molecule has 2 unspecified atom stereocenters. The summed E-state index contributed by atoms with van der Waals surface area (Å²) in [5.74, 6) is 0.243. The molecule has 5 heteroatoms. The number of nitrogens with one attached hydrogen (secondary N) is 1. The largest absolute Gasteiger partial charge is 0.393 e. The van der Waals surface area contributed by atoms with Gasteiger partial charge in [-0.15, -0.1) is 0 Å². The number of aliphatic hydroxyl groups excluding tert-OH is 1. The molecule has 0 radical (unpaired) electrons. The summed E-state index contributed by atoms with van der Waals surface area (Å²) in [5, 5.41) is 17.3. The van der Waals surface area contributed by atoms with Crippen molar-refractivity contribution in [2.24, 2.45) is 0 Å². The quantitative estimate of drug-likeness (QED) is 0.773. The number of aromatic nitrogens is 2. The van der Waals surface area contributed by atoms with Crippen molar-refractivity contribution >= 4 is 5.91 Å². The second-order valence-corrected chi connectivity index (χ2v) is 6.83. The number of hydrogen-bond acceptors (Lipinski definition) is 3. The van der Waals surface area contributed by atoms with E-state index in [0.29, 0.717) is 25.2 Å². The highest BCUT2D eigenvalue weighted by molar-refractivity contribution is 5.92. The topological polar surface area (TPSA) is 67.2 Å². The lowest BCUT2D eigenvalue weighted by Gasteiger charge is -2.19. The summed E-state index contributed by atoms with van der Waals surface area (Å²) in [6, 6.07) is 11.9. The minimum Gasteiger partial charge on any atom is -0.393 e. The maximum absolute atomic E-state index is 12.6. The molecule has 0 saturated heterocycles. The van der Waals surface area contributed by atoms with Crippen molar-refractivity contribution in [3.8, 4) is 0 Å². The molecule has 0 fully saturated rings. The number of rotatable bonds is 8. The third-order valence-electron chi connectivity index (χ3n) is 4.33. The van der Waals surface area contributed by atoms with Crippen LogP contribution in [-0.2, 0) is 6.54 Å². The van der Waals surface area contributed by atoms with Gasteiger partial charge in [0.25, 0.3) is 5.91 Å². The summed E-state index contributed by atoms with van der Waals surface area (Å²) >= 11 is 0. The molecule has 1 heterocycles. The maximum Gasteiger partial charge on any atom is 0.269 e. The van der Waals surface area contributed by atoms with Gasteiger partial charge < -0.3 is 10.4 Å². The van der Waals surface area contributed by atoms with Crippen molar-refractivity contribution in [3.63, 3.8) is 0 Å². The number of aryl methyl sites for hydroxylation is 1. The van der Waals surface area contributed by atoms with E-state index in [2.05, 4.69) is 24.3 Å². The van der Waals surface area contributed by atoms with E-state index in [1.54, 1.807) is 11.6 Å². The number of nitrogens with zero attached hydrogens (tertiary/aromatic N) is 2. The van der Waals surface area contributed by atoms with E-state index in [1.807, 2.05) is 43.3 Å². The molecule has 0 aliphatic carbocycles. The van der Waals surface area contributed by atoms with Crippen LogP contribution in [0.4, 0.5) is 0 Å². The first-order valence-electron chi connectivity index (χ1n) is 9.01. The molecule has 0 aliphatic heterocycles. The van der Waals surface area contributed by atoms with Gasteiger partial charge in [-0.3, -0.25) is 9.48 Å². The Labute approximate surface area is 150 Å². The zero-order valence-electron chi connectivity index (χ0n) is 15.6. The van der Waals surface area contributed by atoms with Crippen molar-refractivity contribution < 1.29 is 9.90 Å². The maximum atomic E-state index is 12.6. The highest BCUT2D eigenvalue weighted by Gasteiger charge is 2.19. The van der Waals surface area contributed by atoms with Crippen molar-refractivity contribution in [3.05, 3.63) is 53.3 Å². The van der Waals surface area contributed by atoms with Gasteiger partial charge in [-0.1, -0.05) is 44.2 Å². The predicted molar refractivity (Wildman–Crippen MR) is 99.8 cm³/mol. The lowest BCUT2D eigenvalue weighted by molar-refractivity contribution is 0.0935. The van der Waals surface area contributed by atoms with Crippen LogP contribution >= 0.6 is 0 Å². The van der Waals surface area contributed by atoms with Crippen LogP contribution in [0.1, 0.15) is 67.7 Å². The number of benzene rings is 1. The lowest BCUT2D eigenvalue weighted by atomic mass is 9.93. The normalized spacial score (nSPS) is 13.7. The van der Waals surface area contributed by atoms with Crippen LogP contribution in [0.3, 0.4) is 0 Å². The predicted octanol–water partition coefficient (Wildman–Crippen LogP) is 3.31. The van der Waals surface area contributed by atoms with Gasteiger partial charge in [0.2, 0.25) is 0 Å². The summed E-state index contributed by atoms with van der Waals surface area (Å²) in [6.07, 6.45) is 0.185. The molecule has 1 amide bonds. The Kier molecular flexibility index (Phi) is 6.76. The van der Waals surface area contributed by atoms with Gasteiger partial charge in [-0.05, 0) is 37.8 Å². The molecular weight excluding hydrogens is 314 g/mol. The summed E-state index contributed by atoms with van der Waals surface area (Å²) in [7, 11) is 0. The minimum atomic E-state index is -0.421. The molecule has 0 aliphatic rings. The summed E-state index contributed by atoms with van der Waals surface area (Å²) in [4.78, 5) is 12.6. The second kappa shape index (κ2) is 8.81. The van der Waals surface area contributed by atoms with Crippen LogP contribution in [-0.4, -0.2) is 33.4 Å². The smallest absolute Gasteiger partial charge is 0.269 e. The summed E-state index contributed by atoms with van der Waals surface area (Å²) in [6.45, 7) is 9.04.